The molecule has 2 aromatic rings. The van der Waals surface area contributed by atoms with E-state index < -0.39 is 10.0 Å². The summed E-state index contributed by atoms with van der Waals surface area (Å²) < 4.78 is 46.0. The molecule has 1 heterocycles. The minimum absolute atomic E-state index is 0.176. The van der Waals surface area contributed by atoms with Crippen molar-refractivity contribution in [1.29, 1.82) is 0 Å². The lowest BCUT2D eigenvalue weighted by Gasteiger charge is -2.26. The molecule has 1 fully saturated rings. The maximum atomic E-state index is 13.1. The molecule has 0 aliphatic carbocycles. The Kier molecular flexibility index (Phi) is 7.67. The molecule has 1 atom stereocenters. The van der Waals surface area contributed by atoms with Gasteiger partial charge in [-0.25, -0.2) is 12.8 Å². The number of halogens is 1. The summed E-state index contributed by atoms with van der Waals surface area (Å²) in [7, 11) is -2.04. The van der Waals surface area contributed by atoms with Crippen molar-refractivity contribution in [1.82, 2.24) is 9.62 Å². The van der Waals surface area contributed by atoms with E-state index in [2.05, 4.69) is 5.32 Å². The summed E-state index contributed by atoms with van der Waals surface area (Å²) in [6.07, 6.45) is 3.30. The van der Waals surface area contributed by atoms with Gasteiger partial charge in [0.2, 0.25) is 15.9 Å². The number of benzene rings is 2. The smallest absolute Gasteiger partial charge is 0.243 e. The van der Waals surface area contributed by atoms with Crippen LogP contribution in [0.25, 0.3) is 0 Å². The standard InChI is InChI=1S/C23H29FN2O4S/c1-17(18-6-9-20(24)10-7-18)25-23(27)13-8-19-16-21(11-12-22(19)30-2)31(28,29)26-14-4-3-5-15-26/h6-7,9-12,16-17H,3-5,8,13-15H2,1-2H3,(H,25,27)/t17-/m1/s1. The summed E-state index contributed by atoms with van der Waals surface area (Å²) in [5.74, 6) is 0.0499. The fourth-order valence-corrected chi connectivity index (χ4v) is 5.33. The number of nitrogens with zero attached hydrogens (tertiary/aromatic N) is 1. The highest BCUT2D eigenvalue weighted by atomic mass is 32.2. The first kappa shape index (κ1) is 23.2. The summed E-state index contributed by atoms with van der Waals surface area (Å²) in [6, 6.07) is 10.5. The molecule has 168 valence electrons. The number of sulfonamides is 1. The lowest BCUT2D eigenvalue weighted by atomic mass is 10.1. The van der Waals surface area contributed by atoms with Crippen LogP contribution in [0.15, 0.2) is 47.4 Å². The summed E-state index contributed by atoms with van der Waals surface area (Å²) in [5, 5.41) is 2.89. The summed E-state index contributed by atoms with van der Waals surface area (Å²) in [4.78, 5) is 12.7. The van der Waals surface area contributed by atoms with Crippen LogP contribution in [-0.2, 0) is 21.2 Å². The largest absolute Gasteiger partial charge is 0.496 e. The third-order valence-corrected chi connectivity index (χ3v) is 7.47. The topological polar surface area (TPSA) is 75.7 Å². The Labute approximate surface area is 183 Å². The predicted molar refractivity (Wildman–Crippen MR) is 117 cm³/mol. The first-order chi connectivity index (χ1) is 14.8. The fourth-order valence-electron chi connectivity index (χ4n) is 3.76. The van der Waals surface area contributed by atoms with Crippen LogP contribution < -0.4 is 10.1 Å². The molecular formula is C23H29FN2O4S. The Morgan fingerprint density at radius 3 is 2.45 bits per heavy atom. The van der Waals surface area contributed by atoms with E-state index in [9.17, 15) is 17.6 Å². The number of carbonyl (C=O) groups excluding carboxylic acids is 1. The zero-order valence-electron chi connectivity index (χ0n) is 17.9. The van der Waals surface area contributed by atoms with Crippen molar-refractivity contribution in [2.75, 3.05) is 20.2 Å². The maximum Gasteiger partial charge on any atom is 0.243 e. The minimum atomic E-state index is -3.56. The lowest BCUT2D eigenvalue weighted by Crippen LogP contribution is -2.35. The number of ether oxygens (including phenoxy) is 1. The van der Waals surface area contributed by atoms with E-state index in [4.69, 9.17) is 4.74 Å². The molecule has 1 amide bonds. The van der Waals surface area contributed by atoms with Gasteiger partial charge in [0.15, 0.2) is 0 Å². The Morgan fingerprint density at radius 2 is 1.81 bits per heavy atom. The molecule has 0 bridgehead atoms. The summed E-state index contributed by atoms with van der Waals surface area (Å²) >= 11 is 0. The van der Waals surface area contributed by atoms with Crippen molar-refractivity contribution in [2.24, 2.45) is 0 Å². The van der Waals surface area contributed by atoms with Gasteiger partial charge in [-0.1, -0.05) is 18.6 Å². The average molecular weight is 449 g/mol. The van der Waals surface area contributed by atoms with E-state index in [-0.39, 0.29) is 29.1 Å². The van der Waals surface area contributed by atoms with Crippen molar-refractivity contribution >= 4 is 15.9 Å². The first-order valence-corrected chi connectivity index (χ1v) is 12.0. The SMILES string of the molecule is COc1ccc(S(=O)(=O)N2CCCCC2)cc1CCC(=O)N[C@H](C)c1ccc(F)cc1. The highest BCUT2D eigenvalue weighted by Gasteiger charge is 2.26. The highest BCUT2D eigenvalue weighted by Crippen LogP contribution is 2.27. The average Bonchev–Trinajstić information content (AvgIpc) is 2.78. The van der Waals surface area contributed by atoms with E-state index in [0.717, 1.165) is 24.8 Å². The molecule has 0 radical (unpaired) electrons. The van der Waals surface area contributed by atoms with Crippen LogP contribution in [0.2, 0.25) is 0 Å². The van der Waals surface area contributed by atoms with Crippen LogP contribution in [0.4, 0.5) is 4.39 Å². The van der Waals surface area contributed by atoms with Crippen LogP contribution >= 0.6 is 0 Å². The van der Waals surface area contributed by atoms with Gasteiger partial charge in [0.25, 0.3) is 0 Å². The molecule has 3 rings (SSSR count). The van der Waals surface area contributed by atoms with Crippen molar-refractivity contribution < 1.29 is 22.3 Å². The molecule has 1 aliphatic heterocycles. The molecule has 31 heavy (non-hydrogen) atoms. The maximum absolute atomic E-state index is 13.1. The summed E-state index contributed by atoms with van der Waals surface area (Å²) in [5.41, 5.74) is 1.48. The molecule has 1 saturated heterocycles. The lowest BCUT2D eigenvalue weighted by molar-refractivity contribution is -0.121. The van der Waals surface area contributed by atoms with Crippen molar-refractivity contribution in [3.63, 3.8) is 0 Å². The van der Waals surface area contributed by atoms with Gasteiger partial charge in [0.1, 0.15) is 11.6 Å². The third-order valence-electron chi connectivity index (χ3n) is 5.57. The normalized spacial score (nSPS) is 16.0. The molecule has 0 aromatic heterocycles. The van der Waals surface area contributed by atoms with E-state index in [1.54, 1.807) is 30.3 Å². The Balaban J connectivity index is 1.68. The van der Waals surface area contributed by atoms with Gasteiger partial charge < -0.3 is 10.1 Å². The van der Waals surface area contributed by atoms with Gasteiger partial charge in [0.05, 0.1) is 18.0 Å². The summed E-state index contributed by atoms with van der Waals surface area (Å²) in [6.45, 7) is 2.90. The molecule has 1 aliphatic rings. The number of rotatable bonds is 8. The second-order valence-electron chi connectivity index (χ2n) is 7.78. The predicted octanol–water partition coefficient (Wildman–Crippen LogP) is 3.82. The van der Waals surface area contributed by atoms with Gasteiger partial charge in [-0.15, -0.1) is 0 Å². The van der Waals surface area contributed by atoms with Crippen molar-refractivity contribution in [2.45, 2.75) is 50.0 Å². The van der Waals surface area contributed by atoms with Gasteiger partial charge in [-0.05, 0) is 67.6 Å². The molecule has 8 heteroatoms. The number of hydrogen-bond donors (Lipinski definition) is 1. The monoisotopic (exact) mass is 448 g/mol. The highest BCUT2D eigenvalue weighted by molar-refractivity contribution is 7.89. The number of methoxy groups -OCH3 is 1. The number of carbonyl (C=O) groups is 1. The molecule has 0 saturated carbocycles. The second-order valence-corrected chi connectivity index (χ2v) is 9.72. The molecule has 0 unspecified atom stereocenters. The fraction of sp³-hybridized carbons (Fsp3) is 0.435. The van der Waals surface area contributed by atoms with Crippen LogP contribution in [0.3, 0.4) is 0 Å². The van der Waals surface area contributed by atoms with Crippen LogP contribution in [-0.4, -0.2) is 38.8 Å². The van der Waals surface area contributed by atoms with Gasteiger partial charge >= 0.3 is 0 Å². The number of piperidine rings is 1. The number of amides is 1. The number of nitrogens with one attached hydrogen (secondary N) is 1. The first-order valence-electron chi connectivity index (χ1n) is 10.5. The second kappa shape index (κ2) is 10.2. The molecule has 2 aromatic carbocycles. The Bertz CT molecular complexity index is 1000. The zero-order valence-corrected chi connectivity index (χ0v) is 18.8. The van der Waals surface area contributed by atoms with Crippen molar-refractivity contribution in [3.05, 3.63) is 59.4 Å². The van der Waals surface area contributed by atoms with Crippen molar-refractivity contribution in [3.8, 4) is 5.75 Å². The Morgan fingerprint density at radius 1 is 1.13 bits per heavy atom. The third kappa shape index (κ3) is 5.83. The van der Waals surface area contributed by atoms with E-state index in [0.29, 0.717) is 30.8 Å². The van der Waals surface area contributed by atoms with E-state index in [1.165, 1.54) is 23.5 Å². The molecule has 1 N–H and O–H groups in total. The number of hydrogen-bond acceptors (Lipinski definition) is 4. The quantitative estimate of drug-likeness (QED) is 0.666. The van der Waals surface area contributed by atoms with Gasteiger partial charge in [-0.2, -0.15) is 4.31 Å². The van der Waals surface area contributed by atoms with E-state index >= 15 is 0 Å². The molecule has 0 spiro atoms. The number of aryl methyl sites for hydroxylation is 1. The van der Waals surface area contributed by atoms with Crippen LogP contribution in [0.5, 0.6) is 5.75 Å². The van der Waals surface area contributed by atoms with Crippen LogP contribution in [0.1, 0.15) is 49.8 Å². The minimum Gasteiger partial charge on any atom is -0.496 e. The van der Waals surface area contributed by atoms with E-state index in [1.807, 2.05) is 6.92 Å². The van der Waals surface area contributed by atoms with Gasteiger partial charge in [-0.3, -0.25) is 4.79 Å². The van der Waals surface area contributed by atoms with Gasteiger partial charge in [0, 0.05) is 19.5 Å². The zero-order chi connectivity index (χ0) is 22.4. The molecule has 6 nitrogen and oxygen atoms in total. The molecular weight excluding hydrogens is 419 g/mol. The Hall–Kier alpha value is -2.45. The van der Waals surface area contributed by atoms with Crippen LogP contribution in [0, 0.1) is 5.82 Å².